The van der Waals surface area contributed by atoms with E-state index in [1.165, 1.54) is 0 Å². The third-order valence-corrected chi connectivity index (χ3v) is 0.533. The van der Waals surface area contributed by atoms with Crippen LogP contribution in [-0.4, -0.2) is 130 Å². The molecule has 0 aromatic carbocycles. The summed E-state index contributed by atoms with van der Waals surface area (Å²) in [6, 6.07) is 0. The predicted octanol–water partition coefficient (Wildman–Crippen LogP) is -11.3. The van der Waals surface area contributed by atoms with Gasteiger partial charge in [-0.3, -0.25) is 0 Å². The first-order valence-electron chi connectivity index (χ1n) is 2.02. The van der Waals surface area contributed by atoms with Crippen LogP contribution >= 0.6 is 0 Å². The minimum atomic E-state index is -1.37. The fourth-order valence-corrected chi connectivity index (χ4v) is 0.204. The number of rotatable bonds is 3. The first-order valence-corrected chi connectivity index (χ1v) is 2.02. The molecule has 0 unspecified atom stereocenters. The number of hydrogen-bond donors (Lipinski definition) is 0. The molecule has 0 aliphatic heterocycles. The van der Waals surface area contributed by atoms with Gasteiger partial charge < -0.3 is 19.8 Å². The first-order chi connectivity index (χ1) is 3.63. The van der Waals surface area contributed by atoms with E-state index in [0.29, 0.717) is 0 Å². The van der Waals surface area contributed by atoms with E-state index in [-0.39, 0.29) is 177 Å². The Bertz CT molecular complexity index is 106. The molecule has 0 rings (SSSR count). The third-order valence-electron chi connectivity index (χ3n) is 0.533. The van der Waals surface area contributed by atoms with Gasteiger partial charge in [0.15, 0.2) is 0 Å². The van der Waals surface area contributed by atoms with E-state index in [2.05, 4.69) is 0 Å². The summed E-state index contributed by atoms with van der Waals surface area (Å²) in [6.07, 6.45) is -0.940. The van der Waals surface area contributed by atoms with Crippen LogP contribution in [0.1, 0.15) is 12.8 Å². The second kappa shape index (κ2) is 30.7. The Balaban J connectivity index is -0.0000000163. The van der Waals surface area contributed by atoms with Gasteiger partial charge in [-0.05, 0) is 12.8 Å². The molecule has 54 valence electrons. The summed E-state index contributed by atoms with van der Waals surface area (Å²) in [4.78, 5) is 19.0. The molecule has 0 radical (unpaired) electrons. The van der Waals surface area contributed by atoms with Gasteiger partial charge in [-0.25, -0.2) is 0 Å². The maximum absolute atomic E-state index is 9.50. The molecule has 0 heterocycles. The van der Waals surface area contributed by atoms with Crippen molar-refractivity contribution in [3.63, 3.8) is 0 Å². The fourth-order valence-electron chi connectivity index (χ4n) is 0.204. The summed E-state index contributed by atoms with van der Waals surface area (Å²) >= 11 is 0. The number of carboxylic acid groups (broad SMARTS) is 2. The summed E-state index contributed by atoms with van der Waals surface area (Å²) in [5, 5.41) is 19.0. The van der Waals surface area contributed by atoms with Crippen LogP contribution in [0, 0.1) is 0 Å². The molecule has 0 atom stereocenters. The van der Waals surface area contributed by atoms with Gasteiger partial charge >= 0.3 is 177 Å². The van der Waals surface area contributed by atoms with Crippen molar-refractivity contribution < 1.29 is 78.9 Å². The molecule has 0 spiro atoms. The molecule has 4 nitrogen and oxygen atoms in total. The van der Waals surface area contributed by atoms with Crippen LogP contribution in [0.5, 0.6) is 0 Å². The van der Waals surface area contributed by atoms with Crippen LogP contribution in [0.25, 0.3) is 0 Å². The molecule has 0 N–H and O–H groups in total. The Labute approximate surface area is 216 Å². The molecule has 0 amide bonds. The Kier molecular flexibility index (Phi) is 93.9. The third kappa shape index (κ3) is 43.6. The number of carboxylic acids is 2. The maximum atomic E-state index is 9.50. The van der Waals surface area contributed by atoms with E-state index in [4.69, 9.17) is 0 Å². The van der Waals surface area contributed by atoms with Crippen molar-refractivity contribution in [2.45, 2.75) is 12.8 Å². The number of carbonyl (C=O) groups is 2. The molecule has 0 aliphatic carbocycles. The Morgan fingerprint density at radius 1 is 0.714 bits per heavy atom. The van der Waals surface area contributed by atoms with Gasteiger partial charge in [0.2, 0.25) is 0 Å². The predicted molar refractivity (Wildman–Crippen MR) is 47.8 cm³/mol. The monoisotopic (exact) mass is 258 g/mol. The van der Waals surface area contributed by atoms with Gasteiger partial charge in [-0.1, -0.05) is 0 Å². The summed E-state index contributed by atoms with van der Waals surface area (Å²) in [7, 11) is 0. The van der Waals surface area contributed by atoms with Crippen LogP contribution in [0.3, 0.4) is 0 Å². The molecule has 0 aromatic rings. The van der Waals surface area contributed by atoms with Gasteiger partial charge in [0.05, 0.1) is 0 Å². The van der Waals surface area contributed by atoms with Crippen molar-refractivity contribution >= 4 is 130 Å². The van der Waals surface area contributed by atoms with Crippen molar-refractivity contribution in [2.75, 3.05) is 0 Å². The van der Waals surface area contributed by atoms with Crippen LogP contribution in [0.4, 0.5) is 0 Å². The molecular formula is C4H8Na6O4. The molecule has 0 saturated carbocycles. The van der Waals surface area contributed by atoms with Crippen molar-refractivity contribution in [1.82, 2.24) is 0 Å². The topological polar surface area (TPSA) is 80.3 Å². The first kappa shape index (κ1) is 42.8. The van der Waals surface area contributed by atoms with Crippen molar-refractivity contribution in [2.24, 2.45) is 0 Å². The average Bonchev–Trinajstić information content (AvgIpc) is 1.61. The molecule has 0 saturated heterocycles. The van der Waals surface area contributed by atoms with Crippen molar-refractivity contribution in [3.8, 4) is 0 Å². The molecule has 0 aromatic heterocycles. The van der Waals surface area contributed by atoms with Crippen LogP contribution in [-0.2, 0) is 9.59 Å². The zero-order chi connectivity index (χ0) is 6.57. The molecule has 0 aliphatic rings. The van der Waals surface area contributed by atoms with Gasteiger partial charge in [-0.15, -0.1) is 0 Å². The van der Waals surface area contributed by atoms with E-state index in [1.54, 1.807) is 0 Å². The summed E-state index contributed by atoms with van der Waals surface area (Å²) in [5.74, 6) is -2.73. The Morgan fingerprint density at radius 2 is 0.857 bits per heavy atom. The molecular weight excluding hydrogens is 250 g/mol. The van der Waals surface area contributed by atoms with Gasteiger partial charge in [-0.2, -0.15) is 0 Å². The number of aliphatic carboxylic acids is 2. The fraction of sp³-hybridized carbons (Fsp3) is 0.500. The number of carbonyl (C=O) groups excluding carboxylic acids is 2. The van der Waals surface area contributed by atoms with Crippen molar-refractivity contribution in [3.05, 3.63) is 0 Å². The van der Waals surface area contributed by atoms with E-state index >= 15 is 0 Å². The van der Waals surface area contributed by atoms with Crippen LogP contribution < -0.4 is 69.3 Å². The molecule has 0 bridgehead atoms. The standard InChI is InChI=1S/C4H6O4.6Na.4H/c5-3(6)1-2-4(7)8;;;;;;;;;;/h1-2H2,(H,5,6)(H,7,8);;;;;;;;;;/q;;;;;2*+1;;;;/p-2. The summed E-state index contributed by atoms with van der Waals surface area (Å²) in [5.41, 5.74) is 0. The van der Waals surface area contributed by atoms with Crippen LogP contribution in [0.2, 0.25) is 0 Å². The quantitative estimate of drug-likeness (QED) is 0.471. The molecule has 10 heteroatoms. The molecule has 14 heavy (non-hydrogen) atoms. The number of hydrogen-bond acceptors (Lipinski definition) is 4. The van der Waals surface area contributed by atoms with E-state index in [1.807, 2.05) is 0 Å². The summed E-state index contributed by atoms with van der Waals surface area (Å²) in [6.45, 7) is 0. The second-order valence-electron chi connectivity index (χ2n) is 1.24. The van der Waals surface area contributed by atoms with E-state index in [9.17, 15) is 19.8 Å². The minimum absolute atomic E-state index is 0. The molecule has 0 fully saturated rings. The van der Waals surface area contributed by atoms with Gasteiger partial charge in [0.25, 0.3) is 0 Å². The Hall–Kier alpha value is 4.94. The Morgan fingerprint density at radius 3 is 0.929 bits per heavy atom. The van der Waals surface area contributed by atoms with Crippen LogP contribution in [0.15, 0.2) is 0 Å². The summed E-state index contributed by atoms with van der Waals surface area (Å²) < 4.78 is 0. The normalized spacial score (nSPS) is 4.86. The van der Waals surface area contributed by atoms with Gasteiger partial charge in [0.1, 0.15) is 0 Å². The van der Waals surface area contributed by atoms with E-state index in [0.717, 1.165) is 0 Å². The zero-order valence-electron chi connectivity index (χ0n) is 6.05. The zero-order valence-corrected chi connectivity index (χ0v) is 10.0. The van der Waals surface area contributed by atoms with Gasteiger partial charge in [0, 0.05) is 11.9 Å². The van der Waals surface area contributed by atoms with E-state index < -0.39 is 24.8 Å². The second-order valence-corrected chi connectivity index (χ2v) is 1.24. The SMILES string of the molecule is O=C([O-])CCC(=O)[O-].[Na+].[Na+].[NaH].[NaH].[NaH].[NaH]. The van der Waals surface area contributed by atoms with Crippen molar-refractivity contribution in [1.29, 1.82) is 0 Å². The average molecular weight is 258 g/mol.